The molecule has 4 rings (SSSR count). The molecule has 162 valence electrons. The van der Waals surface area contributed by atoms with Crippen LogP contribution in [0.25, 0.3) is 15.9 Å². The highest BCUT2D eigenvalue weighted by Crippen LogP contribution is 2.34. The summed E-state index contributed by atoms with van der Waals surface area (Å²) in [5.74, 6) is 1.02. The molecule has 4 aromatic heterocycles. The van der Waals surface area contributed by atoms with E-state index in [1.165, 1.54) is 6.07 Å². The summed E-state index contributed by atoms with van der Waals surface area (Å²) >= 11 is 2.60. The molecule has 0 saturated carbocycles. The van der Waals surface area contributed by atoms with Crippen LogP contribution in [0.4, 0.5) is 13.2 Å². The van der Waals surface area contributed by atoms with E-state index in [2.05, 4.69) is 20.5 Å². The number of hydrogen-bond donors (Lipinski definition) is 1. The van der Waals surface area contributed by atoms with Gasteiger partial charge in [-0.3, -0.25) is 9.20 Å². The molecule has 0 aliphatic carbocycles. The van der Waals surface area contributed by atoms with Gasteiger partial charge >= 0.3 is 6.18 Å². The second-order valence-electron chi connectivity index (χ2n) is 6.90. The van der Waals surface area contributed by atoms with Crippen molar-refractivity contribution < 1.29 is 18.0 Å². The third-order valence-electron chi connectivity index (χ3n) is 4.87. The lowest BCUT2D eigenvalue weighted by molar-refractivity contribution is -0.140. The van der Waals surface area contributed by atoms with Crippen molar-refractivity contribution in [3.63, 3.8) is 0 Å². The molecule has 1 amide bonds. The van der Waals surface area contributed by atoms with Crippen LogP contribution in [-0.2, 0) is 6.18 Å². The van der Waals surface area contributed by atoms with Crippen molar-refractivity contribution in [2.45, 2.75) is 25.6 Å². The topological polar surface area (TPSA) is 72.2 Å². The number of alkyl halides is 3. The van der Waals surface area contributed by atoms with Crippen molar-refractivity contribution in [2.24, 2.45) is 0 Å². The number of pyridine rings is 2. The Hall–Kier alpha value is -2.66. The lowest BCUT2D eigenvalue weighted by Gasteiger charge is -2.17. The summed E-state index contributed by atoms with van der Waals surface area (Å²) in [6, 6.07) is 7.43. The second kappa shape index (κ2) is 8.46. The largest absolute Gasteiger partial charge is 0.433 e. The molecule has 1 N–H and O–H groups in total. The van der Waals surface area contributed by atoms with Gasteiger partial charge in [-0.2, -0.15) is 24.9 Å². The summed E-state index contributed by atoms with van der Waals surface area (Å²) in [5, 5.41) is 11.9. The Morgan fingerprint density at radius 1 is 1.26 bits per heavy atom. The molecule has 11 heteroatoms. The zero-order valence-electron chi connectivity index (χ0n) is 16.6. The van der Waals surface area contributed by atoms with Crippen molar-refractivity contribution >= 4 is 44.9 Å². The molecule has 1 unspecified atom stereocenters. The molecule has 0 saturated heterocycles. The Morgan fingerprint density at radius 2 is 2.06 bits per heavy atom. The van der Waals surface area contributed by atoms with Crippen LogP contribution in [0, 0.1) is 6.92 Å². The zero-order chi connectivity index (χ0) is 22.2. The predicted molar refractivity (Wildman–Crippen MR) is 116 cm³/mol. The van der Waals surface area contributed by atoms with E-state index < -0.39 is 17.9 Å². The molecule has 0 spiro atoms. The number of aryl methyl sites for hydroxylation is 1. The van der Waals surface area contributed by atoms with E-state index in [0.717, 1.165) is 23.2 Å². The van der Waals surface area contributed by atoms with E-state index in [9.17, 15) is 18.0 Å². The second-order valence-corrected chi connectivity index (χ2v) is 8.88. The standard InChI is InChI=1S/C20H18F3N5OS2/c1-11-12-6-7-14(20(21,22)23)25-19(12)31-16(11)18(29)24-13(8-10-30-2)17-27-26-15-5-3-4-9-28(15)17/h3-7,9,13H,8,10H2,1-2H3,(H,24,29). The number of rotatable bonds is 6. The number of fused-ring (bicyclic) bond motifs is 2. The van der Waals surface area contributed by atoms with Gasteiger partial charge in [-0.05, 0) is 55.2 Å². The van der Waals surface area contributed by atoms with Gasteiger partial charge in [0.05, 0.1) is 10.9 Å². The first kappa shape index (κ1) is 21.6. The van der Waals surface area contributed by atoms with E-state index in [0.29, 0.717) is 33.7 Å². The van der Waals surface area contributed by atoms with E-state index in [4.69, 9.17) is 0 Å². The number of nitrogens with zero attached hydrogens (tertiary/aromatic N) is 4. The molecule has 6 nitrogen and oxygen atoms in total. The number of nitrogens with one attached hydrogen (secondary N) is 1. The highest BCUT2D eigenvalue weighted by Gasteiger charge is 2.33. The van der Waals surface area contributed by atoms with Crippen LogP contribution in [0.3, 0.4) is 0 Å². The molecule has 0 radical (unpaired) electrons. The van der Waals surface area contributed by atoms with Crippen LogP contribution in [0.5, 0.6) is 0 Å². The van der Waals surface area contributed by atoms with Gasteiger partial charge in [-0.1, -0.05) is 6.07 Å². The van der Waals surface area contributed by atoms with Gasteiger partial charge in [0.25, 0.3) is 5.91 Å². The fourth-order valence-corrected chi connectivity index (χ4v) is 4.85. The number of thioether (sulfide) groups is 1. The van der Waals surface area contributed by atoms with Gasteiger partial charge in [0.15, 0.2) is 11.5 Å². The number of thiophene rings is 1. The minimum Gasteiger partial charge on any atom is -0.341 e. The van der Waals surface area contributed by atoms with E-state index in [1.807, 2.05) is 35.1 Å². The van der Waals surface area contributed by atoms with Gasteiger partial charge in [0, 0.05) is 11.6 Å². The van der Waals surface area contributed by atoms with E-state index in [-0.39, 0.29) is 10.7 Å². The minimum absolute atomic E-state index is 0.186. The van der Waals surface area contributed by atoms with Crippen LogP contribution < -0.4 is 5.32 Å². The SMILES string of the molecule is CSCCC(NC(=O)c1sc2nc(C(F)(F)F)ccc2c1C)c1nnc2ccccn12. The number of halogens is 3. The maximum atomic E-state index is 13.1. The zero-order valence-corrected chi connectivity index (χ0v) is 18.2. The lowest BCUT2D eigenvalue weighted by Crippen LogP contribution is -2.30. The molecule has 4 aromatic rings. The monoisotopic (exact) mass is 465 g/mol. The molecule has 0 aliphatic heterocycles. The lowest BCUT2D eigenvalue weighted by atomic mass is 10.1. The van der Waals surface area contributed by atoms with Gasteiger partial charge in [-0.25, -0.2) is 4.98 Å². The molecule has 1 atom stereocenters. The van der Waals surface area contributed by atoms with Crippen molar-refractivity contribution in [1.82, 2.24) is 24.9 Å². The maximum absolute atomic E-state index is 13.1. The highest BCUT2D eigenvalue weighted by molar-refractivity contribution is 7.98. The van der Waals surface area contributed by atoms with Crippen molar-refractivity contribution in [1.29, 1.82) is 0 Å². The van der Waals surface area contributed by atoms with Crippen molar-refractivity contribution in [3.8, 4) is 0 Å². The quantitative estimate of drug-likeness (QED) is 0.439. The van der Waals surface area contributed by atoms with Crippen molar-refractivity contribution in [3.05, 3.63) is 58.5 Å². The predicted octanol–water partition coefficient (Wildman–Crippen LogP) is 4.89. The molecular weight excluding hydrogens is 447 g/mol. The molecule has 4 heterocycles. The third kappa shape index (κ3) is 4.24. The summed E-state index contributed by atoms with van der Waals surface area (Å²) in [6.45, 7) is 1.71. The smallest absolute Gasteiger partial charge is 0.341 e. The molecule has 0 bridgehead atoms. The molecular formula is C20H18F3N5OS2. The van der Waals surface area contributed by atoms with Crippen LogP contribution >= 0.6 is 23.1 Å². The maximum Gasteiger partial charge on any atom is 0.433 e. The molecule has 31 heavy (non-hydrogen) atoms. The summed E-state index contributed by atoms with van der Waals surface area (Å²) in [5.41, 5.74) is 0.303. The number of hydrogen-bond acceptors (Lipinski definition) is 6. The fourth-order valence-electron chi connectivity index (χ4n) is 3.30. The Balaban J connectivity index is 1.67. The first-order chi connectivity index (χ1) is 14.8. The van der Waals surface area contributed by atoms with Crippen molar-refractivity contribution in [2.75, 3.05) is 12.0 Å². The Labute approximate surface area is 183 Å². The Bertz CT molecular complexity index is 1250. The van der Waals surface area contributed by atoms with Gasteiger partial charge in [0.1, 0.15) is 10.5 Å². The number of carbonyl (C=O) groups excluding carboxylic acids is 1. The minimum atomic E-state index is -4.54. The number of aromatic nitrogens is 4. The summed E-state index contributed by atoms with van der Waals surface area (Å²) in [7, 11) is 0. The summed E-state index contributed by atoms with van der Waals surface area (Å²) in [6.07, 6.45) is -0.105. The van der Waals surface area contributed by atoms with Crippen LogP contribution in [0.15, 0.2) is 36.5 Å². The third-order valence-corrected chi connectivity index (χ3v) is 6.71. The number of carbonyl (C=O) groups is 1. The molecule has 0 fully saturated rings. The Morgan fingerprint density at radius 3 is 2.81 bits per heavy atom. The molecule has 0 aromatic carbocycles. The van der Waals surface area contributed by atoms with Crippen LogP contribution in [0.2, 0.25) is 0 Å². The average Bonchev–Trinajstić information content (AvgIpc) is 3.31. The summed E-state index contributed by atoms with van der Waals surface area (Å²) in [4.78, 5) is 17.3. The van der Waals surface area contributed by atoms with Crippen LogP contribution in [0.1, 0.15) is 39.2 Å². The molecule has 0 aliphatic rings. The Kier molecular flexibility index (Phi) is 5.89. The first-order valence-corrected chi connectivity index (χ1v) is 11.6. The van der Waals surface area contributed by atoms with Gasteiger partial charge < -0.3 is 5.32 Å². The van der Waals surface area contributed by atoms with E-state index >= 15 is 0 Å². The average molecular weight is 466 g/mol. The fraction of sp³-hybridized carbons (Fsp3) is 0.300. The van der Waals surface area contributed by atoms with Gasteiger partial charge in [-0.15, -0.1) is 21.5 Å². The number of amides is 1. The van der Waals surface area contributed by atoms with Crippen LogP contribution in [-0.4, -0.2) is 37.5 Å². The van der Waals surface area contributed by atoms with E-state index in [1.54, 1.807) is 18.7 Å². The summed E-state index contributed by atoms with van der Waals surface area (Å²) < 4.78 is 40.8. The normalized spacial score (nSPS) is 13.1. The highest BCUT2D eigenvalue weighted by atomic mass is 32.2. The first-order valence-electron chi connectivity index (χ1n) is 9.36. The van der Waals surface area contributed by atoms with Gasteiger partial charge in [0.2, 0.25) is 0 Å².